The minimum absolute atomic E-state index is 0.163. The van der Waals surface area contributed by atoms with Crippen LogP contribution in [0.25, 0.3) is 0 Å². The number of aromatic nitrogens is 2. The average molecular weight is 310 g/mol. The summed E-state index contributed by atoms with van der Waals surface area (Å²) in [4.78, 5) is 0.163. The first kappa shape index (κ1) is 15.3. The minimum Gasteiger partial charge on any atom is -0.492 e. The maximum absolute atomic E-state index is 12.4. The Kier molecular flexibility index (Phi) is 4.49. The van der Waals surface area contributed by atoms with Crippen molar-refractivity contribution in [3.63, 3.8) is 0 Å². The molecule has 2 aromatic rings. The highest BCUT2D eigenvalue weighted by atomic mass is 32.2. The smallest absolute Gasteiger partial charge is 0.265 e. The van der Waals surface area contributed by atoms with Gasteiger partial charge in [-0.3, -0.25) is 9.82 Å². The second kappa shape index (κ2) is 6.15. The SMILES string of the molecule is Cc1n[nH]c(C)c1S(=O)(=O)Nc1cccc(OCCN)c1. The average Bonchev–Trinajstić information content (AvgIpc) is 2.76. The molecule has 0 aliphatic carbocycles. The van der Waals surface area contributed by atoms with Gasteiger partial charge in [-0.25, -0.2) is 8.42 Å². The lowest BCUT2D eigenvalue weighted by molar-refractivity contribution is 0.328. The molecule has 21 heavy (non-hydrogen) atoms. The quantitative estimate of drug-likeness (QED) is 0.741. The van der Waals surface area contributed by atoms with Gasteiger partial charge in [-0.05, 0) is 26.0 Å². The van der Waals surface area contributed by atoms with E-state index in [0.717, 1.165) is 0 Å². The van der Waals surface area contributed by atoms with Crippen molar-refractivity contribution >= 4 is 15.7 Å². The number of nitrogens with two attached hydrogens (primary N) is 1. The van der Waals surface area contributed by atoms with Crippen LogP contribution in [0.15, 0.2) is 29.2 Å². The molecular weight excluding hydrogens is 292 g/mol. The lowest BCUT2D eigenvalue weighted by Crippen LogP contribution is -2.15. The summed E-state index contributed by atoms with van der Waals surface area (Å²) >= 11 is 0. The third-order valence-corrected chi connectivity index (χ3v) is 4.45. The summed E-state index contributed by atoms with van der Waals surface area (Å²) in [6.45, 7) is 4.06. The lowest BCUT2D eigenvalue weighted by Gasteiger charge is -2.10. The molecule has 0 saturated heterocycles. The van der Waals surface area contributed by atoms with Crippen LogP contribution in [-0.4, -0.2) is 31.8 Å². The summed E-state index contributed by atoms with van der Waals surface area (Å²) in [5.74, 6) is 0.557. The second-order valence-electron chi connectivity index (χ2n) is 4.53. The van der Waals surface area contributed by atoms with E-state index in [9.17, 15) is 8.42 Å². The maximum Gasteiger partial charge on any atom is 0.265 e. The van der Waals surface area contributed by atoms with Crippen molar-refractivity contribution in [3.05, 3.63) is 35.7 Å². The normalized spacial score (nSPS) is 11.4. The zero-order valence-corrected chi connectivity index (χ0v) is 12.7. The molecule has 0 atom stereocenters. The zero-order chi connectivity index (χ0) is 15.5. The van der Waals surface area contributed by atoms with E-state index in [1.807, 2.05) is 0 Å². The van der Waals surface area contributed by atoms with E-state index >= 15 is 0 Å². The Labute approximate surface area is 123 Å². The molecule has 0 unspecified atom stereocenters. The number of nitrogens with one attached hydrogen (secondary N) is 2. The summed E-state index contributed by atoms with van der Waals surface area (Å²) in [7, 11) is -3.69. The highest BCUT2D eigenvalue weighted by Crippen LogP contribution is 2.23. The van der Waals surface area contributed by atoms with Crippen LogP contribution in [0.5, 0.6) is 5.75 Å². The fourth-order valence-corrected chi connectivity index (χ4v) is 3.39. The molecule has 0 saturated carbocycles. The molecule has 4 N–H and O–H groups in total. The number of ether oxygens (including phenoxy) is 1. The number of nitrogens with zero attached hydrogens (tertiary/aromatic N) is 1. The predicted octanol–water partition coefficient (Wildman–Crippen LogP) is 1.16. The van der Waals surface area contributed by atoms with Crippen LogP contribution in [0.2, 0.25) is 0 Å². The number of aryl methyl sites for hydroxylation is 2. The number of benzene rings is 1. The Morgan fingerprint density at radius 2 is 2.14 bits per heavy atom. The van der Waals surface area contributed by atoms with Gasteiger partial charge in [0.2, 0.25) is 0 Å². The molecule has 0 aliphatic rings. The van der Waals surface area contributed by atoms with Gasteiger partial charge in [0.1, 0.15) is 17.3 Å². The molecule has 0 radical (unpaired) electrons. The summed E-state index contributed by atoms with van der Waals surface area (Å²) in [6, 6.07) is 6.70. The molecule has 1 heterocycles. The fourth-order valence-electron chi connectivity index (χ4n) is 1.97. The van der Waals surface area contributed by atoms with Crippen molar-refractivity contribution in [2.75, 3.05) is 17.9 Å². The van der Waals surface area contributed by atoms with Crippen LogP contribution >= 0.6 is 0 Å². The van der Waals surface area contributed by atoms with Gasteiger partial charge in [0.15, 0.2) is 0 Å². The van der Waals surface area contributed by atoms with Gasteiger partial charge in [-0.2, -0.15) is 5.10 Å². The van der Waals surface area contributed by atoms with E-state index < -0.39 is 10.0 Å². The van der Waals surface area contributed by atoms with Gasteiger partial charge >= 0.3 is 0 Å². The largest absolute Gasteiger partial charge is 0.492 e. The van der Waals surface area contributed by atoms with Crippen molar-refractivity contribution in [3.8, 4) is 5.75 Å². The Balaban J connectivity index is 2.25. The van der Waals surface area contributed by atoms with Crippen LogP contribution in [0, 0.1) is 13.8 Å². The Morgan fingerprint density at radius 1 is 1.38 bits per heavy atom. The van der Waals surface area contributed by atoms with Crippen LogP contribution in [-0.2, 0) is 10.0 Å². The number of rotatable bonds is 6. The fraction of sp³-hybridized carbons (Fsp3) is 0.308. The van der Waals surface area contributed by atoms with E-state index in [4.69, 9.17) is 10.5 Å². The van der Waals surface area contributed by atoms with Crippen LogP contribution < -0.4 is 15.2 Å². The van der Waals surface area contributed by atoms with Crippen LogP contribution in [0.3, 0.4) is 0 Å². The van der Waals surface area contributed by atoms with Crippen LogP contribution in [0.4, 0.5) is 5.69 Å². The van der Waals surface area contributed by atoms with E-state index in [1.165, 1.54) is 0 Å². The first-order valence-electron chi connectivity index (χ1n) is 6.41. The summed E-state index contributed by atoms with van der Waals surface area (Å²) in [6.07, 6.45) is 0. The molecule has 7 nitrogen and oxygen atoms in total. The van der Waals surface area contributed by atoms with Crippen molar-refractivity contribution in [1.82, 2.24) is 10.2 Å². The van der Waals surface area contributed by atoms with E-state index in [-0.39, 0.29) is 4.90 Å². The van der Waals surface area contributed by atoms with Gasteiger partial charge in [0.25, 0.3) is 10.0 Å². The number of H-pyrrole nitrogens is 1. The molecule has 0 amide bonds. The van der Waals surface area contributed by atoms with Gasteiger partial charge in [0.05, 0.1) is 17.1 Å². The molecule has 8 heteroatoms. The molecule has 1 aromatic carbocycles. The monoisotopic (exact) mass is 310 g/mol. The Bertz CT molecular complexity index is 705. The van der Waals surface area contributed by atoms with Crippen molar-refractivity contribution in [2.45, 2.75) is 18.7 Å². The number of anilines is 1. The summed E-state index contributed by atoms with van der Waals surface area (Å²) in [5.41, 5.74) is 6.71. The van der Waals surface area contributed by atoms with Gasteiger partial charge in [-0.15, -0.1) is 0 Å². The lowest BCUT2D eigenvalue weighted by atomic mass is 10.3. The Morgan fingerprint density at radius 3 is 2.76 bits per heavy atom. The molecule has 1 aromatic heterocycles. The first-order valence-corrected chi connectivity index (χ1v) is 7.89. The number of aromatic amines is 1. The highest BCUT2D eigenvalue weighted by molar-refractivity contribution is 7.92. The van der Waals surface area contributed by atoms with Crippen molar-refractivity contribution in [2.24, 2.45) is 5.73 Å². The standard InChI is InChI=1S/C13H18N4O3S/c1-9-13(10(2)16-15-9)21(18,19)17-11-4-3-5-12(8-11)20-7-6-14/h3-5,8,17H,6-7,14H2,1-2H3,(H,15,16). The topological polar surface area (TPSA) is 110 Å². The zero-order valence-electron chi connectivity index (χ0n) is 11.9. The van der Waals surface area contributed by atoms with Crippen molar-refractivity contribution in [1.29, 1.82) is 0 Å². The molecule has 0 bridgehead atoms. The Hall–Kier alpha value is -2.06. The van der Waals surface area contributed by atoms with Gasteiger partial charge in [-0.1, -0.05) is 6.07 Å². The molecule has 0 spiro atoms. The van der Waals surface area contributed by atoms with Gasteiger partial charge in [0, 0.05) is 12.6 Å². The van der Waals surface area contributed by atoms with E-state index in [1.54, 1.807) is 38.1 Å². The molecule has 0 aliphatic heterocycles. The molecule has 0 fully saturated rings. The van der Waals surface area contributed by atoms with Gasteiger partial charge < -0.3 is 10.5 Å². The van der Waals surface area contributed by atoms with Crippen LogP contribution in [0.1, 0.15) is 11.4 Å². The molecule has 2 rings (SSSR count). The third kappa shape index (κ3) is 3.53. The van der Waals surface area contributed by atoms with E-state index in [2.05, 4.69) is 14.9 Å². The second-order valence-corrected chi connectivity index (χ2v) is 6.15. The maximum atomic E-state index is 12.4. The third-order valence-electron chi connectivity index (χ3n) is 2.80. The molecular formula is C13H18N4O3S. The minimum atomic E-state index is -3.69. The number of hydrogen-bond acceptors (Lipinski definition) is 5. The first-order chi connectivity index (χ1) is 9.94. The van der Waals surface area contributed by atoms with E-state index in [0.29, 0.717) is 36.0 Å². The van der Waals surface area contributed by atoms with Crippen molar-refractivity contribution < 1.29 is 13.2 Å². The number of hydrogen-bond donors (Lipinski definition) is 3. The summed E-state index contributed by atoms with van der Waals surface area (Å²) < 4.78 is 32.7. The number of sulfonamides is 1. The predicted molar refractivity (Wildman–Crippen MR) is 79.9 cm³/mol. The molecule has 114 valence electrons. The highest BCUT2D eigenvalue weighted by Gasteiger charge is 2.22. The summed E-state index contributed by atoms with van der Waals surface area (Å²) in [5, 5.41) is 6.56.